The number of piperidine rings is 1. The third-order valence-electron chi connectivity index (χ3n) is 5.48. The molecule has 4 heteroatoms. The Labute approximate surface area is 173 Å². The minimum Gasteiger partial charge on any atom is -0.371 e. The second-order valence-corrected chi connectivity index (χ2v) is 9.50. The van der Waals surface area contributed by atoms with Crippen LogP contribution in [0.4, 0.5) is 5.69 Å². The van der Waals surface area contributed by atoms with Crippen molar-refractivity contribution in [2.75, 3.05) is 18.0 Å². The maximum absolute atomic E-state index is 12.6. The molecule has 0 spiro atoms. The van der Waals surface area contributed by atoms with E-state index < -0.39 is 0 Å². The van der Waals surface area contributed by atoms with Crippen molar-refractivity contribution in [3.8, 4) is 0 Å². The Morgan fingerprint density at radius 2 is 1.79 bits per heavy atom. The fourth-order valence-corrected chi connectivity index (χ4v) is 4.56. The molecular weight excluding hydrogens is 364 g/mol. The van der Waals surface area contributed by atoms with Crippen LogP contribution >= 0.6 is 11.8 Å². The first-order chi connectivity index (χ1) is 13.4. The highest BCUT2D eigenvalue weighted by molar-refractivity contribution is 8.00. The number of nitrogens with zero attached hydrogens (tertiary/aromatic N) is 1. The summed E-state index contributed by atoms with van der Waals surface area (Å²) in [7, 11) is 0. The summed E-state index contributed by atoms with van der Waals surface area (Å²) < 4.78 is 0. The highest BCUT2D eigenvalue weighted by Crippen LogP contribution is 2.26. The lowest BCUT2D eigenvalue weighted by molar-refractivity contribution is -0.120. The molecule has 1 saturated heterocycles. The monoisotopic (exact) mass is 396 g/mol. The summed E-state index contributed by atoms with van der Waals surface area (Å²) in [6.07, 6.45) is 2.60. The number of nitrogens with one attached hydrogen (secondary N) is 1. The van der Waals surface area contributed by atoms with E-state index in [0.717, 1.165) is 29.5 Å². The minimum absolute atomic E-state index is 0.00268. The van der Waals surface area contributed by atoms with Gasteiger partial charge in [0.1, 0.15) is 0 Å². The molecule has 0 bridgehead atoms. The van der Waals surface area contributed by atoms with Gasteiger partial charge in [-0.3, -0.25) is 4.79 Å². The smallest absolute Gasteiger partial charge is 0.233 e. The number of hydrogen-bond donors (Lipinski definition) is 1. The van der Waals surface area contributed by atoms with Crippen LogP contribution in [0.1, 0.15) is 50.8 Å². The number of anilines is 1. The molecule has 0 aromatic heterocycles. The van der Waals surface area contributed by atoms with Gasteiger partial charge in [-0.05, 0) is 69.4 Å². The van der Waals surface area contributed by atoms with Gasteiger partial charge in [0.15, 0.2) is 0 Å². The lowest BCUT2D eigenvalue weighted by atomic mass is 9.99. The second-order valence-electron chi connectivity index (χ2n) is 8.09. The first kappa shape index (κ1) is 20.8. The Hall–Kier alpha value is -1.94. The number of thioether (sulfide) groups is 1. The van der Waals surface area contributed by atoms with Gasteiger partial charge in [0.05, 0.1) is 11.3 Å². The minimum atomic E-state index is -0.126. The Morgan fingerprint density at radius 3 is 2.43 bits per heavy atom. The molecule has 0 aliphatic carbocycles. The third kappa shape index (κ3) is 5.54. The van der Waals surface area contributed by atoms with E-state index in [-0.39, 0.29) is 17.2 Å². The van der Waals surface area contributed by atoms with E-state index in [2.05, 4.69) is 79.5 Å². The molecular formula is C24H32N2OS. The molecule has 0 radical (unpaired) electrons. The molecule has 1 heterocycles. The summed E-state index contributed by atoms with van der Waals surface area (Å²) >= 11 is 1.60. The number of carbonyl (C=O) groups excluding carboxylic acids is 1. The van der Waals surface area contributed by atoms with Crippen molar-refractivity contribution in [1.82, 2.24) is 5.32 Å². The summed E-state index contributed by atoms with van der Waals surface area (Å²) in [6, 6.07) is 17.0. The number of hydrogen-bond acceptors (Lipinski definition) is 3. The van der Waals surface area contributed by atoms with Gasteiger partial charge in [-0.1, -0.05) is 36.8 Å². The lowest BCUT2D eigenvalue weighted by Crippen LogP contribution is -2.34. The standard InChI is InChI=1S/C24H32N2OS/c1-17-7-13-23(14-8-17)28-20(4)24(27)25-19(3)21-9-11-22(12-10-21)26-15-5-6-18(2)16-26/h7-14,18-20H,5-6,15-16H2,1-4H3,(H,25,27)/t18-,19+,20+/m1/s1. The number of aryl methyl sites for hydroxylation is 1. The topological polar surface area (TPSA) is 32.3 Å². The van der Waals surface area contributed by atoms with Crippen LogP contribution in [0.25, 0.3) is 0 Å². The summed E-state index contributed by atoms with van der Waals surface area (Å²) in [5.41, 5.74) is 3.67. The highest BCUT2D eigenvalue weighted by atomic mass is 32.2. The number of amides is 1. The molecule has 3 nitrogen and oxygen atoms in total. The van der Waals surface area contributed by atoms with E-state index in [1.165, 1.54) is 24.1 Å². The third-order valence-corrected chi connectivity index (χ3v) is 6.59. The fourth-order valence-electron chi connectivity index (χ4n) is 3.69. The molecule has 2 aromatic carbocycles. The molecule has 0 saturated carbocycles. The molecule has 0 unspecified atom stereocenters. The van der Waals surface area contributed by atoms with Crippen molar-refractivity contribution in [3.05, 3.63) is 59.7 Å². The quantitative estimate of drug-likeness (QED) is 0.646. The van der Waals surface area contributed by atoms with Crippen molar-refractivity contribution in [2.24, 2.45) is 5.92 Å². The number of carbonyl (C=O) groups is 1. The average Bonchev–Trinajstić information content (AvgIpc) is 2.69. The van der Waals surface area contributed by atoms with Crippen molar-refractivity contribution in [1.29, 1.82) is 0 Å². The van der Waals surface area contributed by atoms with Gasteiger partial charge in [-0.15, -0.1) is 11.8 Å². The zero-order valence-corrected chi connectivity index (χ0v) is 18.3. The van der Waals surface area contributed by atoms with E-state index in [4.69, 9.17) is 0 Å². The van der Waals surface area contributed by atoms with Crippen molar-refractivity contribution in [3.63, 3.8) is 0 Å². The maximum atomic E-state index is 12.6. The fraction of sp³-hybridized carbons (Fsp3) is 0.458. The van der Waals surface area contributed by atoms with Crippen molar-refractivity contribution < 1.29 is 4.79 Å². The maximum Gasteiger partial charge on any atom is 0.233 e. The Bertz CT molecular complexity index is 772. The Morgan fingerprint density at radius 1 is 1.11 bits per heavy atom. The average molecular weight is 397 g/mol. The van der Waals surface area contributed by atoms with Gasteiger partial charge < -0.3 is 10.2 Å². The SMILES string of the molecule is Cc1ccc(S[C@@H](C)C(=O)N[C@@H](C)c2ccc(N3CCC[C@@H](C)C3)cc2)cc1. The van der Waals surface area contributed by atoms with Crippen molar-refractivity contribution >= 4 is 23.4 Å². The second kappa shape index (κ2) is 9.51. The van der Waals surface area contributed by atoms with Gasteiger partial charge in [0, 0.05) is 23.7 Å². The number of rotatable bonds is 6. The highest BCUT2D eigenvalue weighted by Gasteiger charge is 2.19. The van der Waals surface area contributed by atoms with Crippen LogP contribution in [-0.2, 0) is 4.79 Å². The van der Waals surface area contributed by atoms with Crippen LogP contribution in [0.2, 0.25) is 0 Å². The van der Waals surface area contributed by atoms with Crippen molar-refractivity contribution in [2.45, 2.75) is 56.7 Å². The van der Waals surface area contributed by atoms with Gasteiger partial charge in [0.2, 0.25) is 5.91 Å². The van der Waals surface area contributed by atoms with Crippen LogP contribution in [0, 0.1) is 12.8 Å². The van der Waals surface area contributed by atoms with E-state index in [1.807, 2.05) is 6.92 Å². The van der Waals surface area contributed by atoms with E-state index in [1.54, 1.807) is 11.8 Å². The molecule has 28 heavy (non-hydrogen) atoms. The van der Waals surface area contributed by atoms with E-state index in [0.29, 0.717) is 0 Å². The van der Waals surface area contributed by atoms with E-state index in [9.17, 15) is 4.79 Å². The summed E-state index contributed by atoms with van der Waals surface area (Å²) in [4.78, 5) is 16.2. The van der Waals surface area contributed by atoms with Gasteiger partial charge in [-0.25, -0.2) is 0 Å². The molecule has 2 aromatic rings. The molecule has 1 fully saturated rings. The molecule has 1 aliphatic heterocycles. The van der Waals surface area contributed by atoms with Crippen LogP contribution < -0.4 is 10.2 Å². The van der Waals surface area contributed by atoms with Gasteiger partial charge in [-0.2, -0.15) is 0 Å². The summed E-state index contributed by atoms with van der Waals surface area (Å²) in [6.45, 7) is 10.7. The lowest BCUT2D eigenvalue weighted by Gasteiger charge is -2.33. The molecule has 1 aliphatic rings. The Balaban J connectivity index is 1.55. The predicted molar refractivity (Wildman–Crippen MR) is 120 cm³/mol. The van der Waals surface area contributed by atoms with Crippen LogP contribution in [0.15, 0.2) is 53.4 Å². The zero-order valence-electron chi connectivity index (χ0n) is 17.4. The zero-order chi connectivity index (χ0) is 20.1. The van der Waals surface area contributed by atoms with Crippen LogP contribution in [0.5, 0.6) is 0 Å². The first-order valence-corrected chi connectivity index (χ1v) is 11.2. The van der Waals surface area contributed by atoms with Gasteiger partial charge in [0.25, 0.3) is 0 Å². The predicted octanol–water partition coefficient (Wildman–Crippen LogP) is 5.59. The Kier molecular flexibility index (Phi) is 7.06. The molecule has 1 amide bonds. The molecule has 1 N–H and O–H groups in total. The normalized spacial score (nSPS) is 19.1. The van der Waals surface area contributed by atoms with Gasteiger partial charge >= 0.3 is 0 Å². The molecule has 3 atom stereocenters. The summed E-state index contributed by atoms with van der Waals surface area (Å²) in [5.74, 6) is 0.839. The van der Waals surface area contributed by atoms with Crippen LogP contribution in [0.3, 0.4) is 0 Å². The summed E-state index contributed by atoms with van der Waals surface area (Å²) in [5, 5.41) is 3.03. The van der Waals surface area contributed by atoms with Crippen LogP contribution in [-0.4, -0.2) is 24.2 Å². The molecule has 150 valence electrons. The first-order valence-electron chi connectivity index (χ1n) is 10.3. The number of benzene rings is 2. The van der Waals surface area contributed by atoms with E-state index >= 15 is 0 Å². The molecule has 3 rings (SSSR count). The largest absolute Gasteiger partial charge is 0.371 e.